The van der Waals surface area contributed by atoms with Crippen LogP contribution in [0.25, 0.3) is 0 Å². The van der Waals surface area contributed by atoms with Crippen LogP contribution in [0, 0.1) is 0 Å². The Morgan fingerprint density at radius 3 is 2.32 bits per heavy atom. The van der Waals surface area contributed by atoms with Gasteiger partial charge in [-0.2, -0.15) is 0 Å². The Balaban J connectivity index is 1.84. The van der Waals surface area contributed by atoms with Crippen LogP contribution in [0.5, 0.6) is 5.75 Å². The van der Waals surface area contributed by atoms with E-state index in [1.54, 1.807) is 7.11 Å². The molecule has 1 fully saturated rings. The topological polar surface area (TPSA) is 43.4 Å². The normalized spacial score (nSPS) is 17.1. The number of methoxy groups -OCH3 is 1. The smallest absolute Gasteiger partial charge is 0.118 e. The summed E-state index contributed by atoms with van der Waals surface area (Å²) in [5.41, 5.74) is 2.46. The molecule has 4 nitrogen and oxygen atoms in total. The monoisotopic (exact) mass is 298 g/mol. The lowest BCUT2D eigenvalue weighted by Crippen LogP contribution is -2.37. The molecule has 1 saturated heterocycles. The largest absolute Gasteiger partial charge is 0.497 e. The molecule has 0 radical (unpaired) electrons. The average Bonchev–Trinajstić information content (AvgIpc) is 2.61. The van der Waals surface area contributed by atoms with Crippen molar-refractivity contribution in [1.29, 1.82) is 0 Å². The molecule has 0 unspecified atom stereocenters. The number of benzene rings is 1. The van der Waals surface area contributed by atoms with E-state index in [4.69, 9.17) is 9.47 Å². The van der Waals surface area contributed by atoms with E-state index >= 15 is 0 Å². The maximum Gasteiger partial charge on any atom is 0.118 e. The van der Waals surface area contributed by atoms with Gasteiger partial charge in [0.15, 0.2) is 0 Å². The predicted molar refractivity (Wildman–Crippen MR) is 86.1 cm³/mol. The summed E-state index contributed by atoms with van der Waals surface area (Å²) in [5, 5.41) is 3.78. The molecule has 1 aromatic carbocycles. The van der Waals surface area contributed by atoms with Gasteiger partial charge in [-0.3, -0.25) is 4.98 Å². The van der Waals surface area contributed by atoms with E-state index in [-0.39, 0.29) is 6.04 Å². The Morgan fingerprint density at radius 2 is 1.68 bits per heavy atom. The summed E-state index contributed by atoms with van der Waals surface area (Å²) in [6.45, 7) is 1.67. The standard InChI is InChI=1S/C18H22N2O2/c1-21-17-4-2-14(3-5-17)18(15-6-10-19-11-7-15)20-16-8-12-22-13-9-16/h2-7,10-11,16,18,20H,8-9,12-13H2,1H3/t18-/m0/s1. The Kier molecular flexibility index (Phi) is 5.03. The quantitative estimate of drug-likeness (QED) is 0.921. The molecule has 4 heteroatoms. The van der Waals surface area contributed by atoms with Crippen molar-refractivity contribution in [2.24, 2.45) is 0 Å². The van der Waals surface area contributed by atoms with Gasteiger partial charge in [0.1, 0.15) is 5.75 Å². The summed E-state index contributed by atoms with van der Waals surface area (Å²) in [7, 11) is 1.69. The highest BCUT2D eigenvalue weighted by Gasteiger charge is 2.20. The Bertz CT molecular complexity index is 565. The van der Waals surface area contributed by atoms with Crippen molar-refractivity contribution >= 4 is 0 Å². The van der Waals surface area contributed by atoms with Crippen LogP contribution in [0.2, 0.25) is 0 Å². The van der Waals surface area contributed by atoms with Crippen molar-refractivity contribution < 1.29 is 9.47 Å². The number of nitrogens with one attached hydrogen (secondary N) is 1. The van der Waals surface area contributed by atoms with E-state index in [1.807, 2.05) is 24.5 Å². The van der Waals surface area contributed by atoms with Crippen LogP contribution in [0.15, 0.2) is 48.8 Å². The molecule has 0 aliphatic carbocycles. The number of nitrogens with zero attached hydrogens (tertiary/aromatic N) is 1. The van der Waals surface area contributed by atoms with Crippen molar-refractivity contribution in [3.8, 4) is 5.75 Å². The van der Waals surface area contributed by atoms with Gasteiger partial charge in [-0.05, 0) is 48.2 Å². The first-order valence-electron chi connectivity index (χ1n) is 7.74. The van der Waals surface area contributed by atoms with Gasteiger partial charge in [0.05, 0.1) is 13.2 Å². The van der Waals surface area contributed by atoms with Crippen LogP contribution >= 0.6 is 0 Å². The molecule has 1 aromatic heterocycles. The number of rotatable bonds is 5. The fraction of sp³-hybridized carbons (Fsp3) is 0.389. The first kappa shape index (κ1) is 15.0. The molecule has 2 aromatic rings. The minimum absolute atomic E-state index is 0.164. The third kappa shape index (κ3) is 3.64. The van der Waals surface area contributed by atoms with Gasteiger partial charge in [-0.15, -0.1) is 0 Å². The molecule has 1 aliphatic rings. The summed E-state index contributed by atoms with van der Waals surface area (Å²) < 4.78 is 10.7. The van der Waals surface area contributed by atoms with Crippen molar-refractivity contribution in [1.82, 2.24) is 10.3 Å². The summed E-state index contributed by atoms with van der Waals surface area (Å²) in [4.78, 5) is 4.13. The van der Waals surface area contributed by atoms with E-state index in [9.17, 15) is 0 Å². The van der Waals surface area contributed by atoms with Crippen molar-refractivity contribution in [2.75, 3.05) is 20.3 Å². The average molecular weight is 298 g/mol. The zero-order valence-electron chi connectivity index (χ0n) is 12.9. The van der Waals surface area contributed by atoms with Gasteiger partial charge in [0.2, 0.25) is 0 Å². The Hall–Kier alpha value is -1.91. The molecule has 1 N–H and O–H groups in total. The minimum Gasteiger partial charge on any atom is -0.497 e. The van der Waals surface area contributed by atoms with E-state index in [0.29, 0.717) is 6.04 Å². The summed E-state index contributed by atoms with van der Waals surface area (Å²) in [6, 6.07) is 13.0. The number of aromatic nitrogens is 1. The van der Waals surface area contributed by atoms with Crippen LogP contribution in [0.4, 0.5) is 0 Å². The molecule has 116 valence electrons. The Morgan fingerprint density at radius 1 is 1.05 bits per heavy atom. The summed E-state index contributed by atoms with van der Waals surface area (Å²) >= 11 is 0. The van der Waals surface area contributed by atoms with Crippen LogP contribution in [-0.4, -0.2) is 31.3 Å². The predicted octanol–water partition coefficient (Wildman–Crippen LogP) is 2.95. The highest BCUT2D eigenvalue weighted by atomic mass is 16.5. The zero-order valence-corrected chi connectivity index (χ0v) is 12.9. The van der Waals surface area contributed by atoms with E-state index < -0.39 is 0 Å². The lowest BCUT2D eigenvalue weighted by atomic mass is 9.97. The molecule has 0 spiro atoms. The summed E-state index contributed by atoms with van der Waals surface area (Å²) in [6.07, 6.45) is 5.80. The maximum atomic E-state index is 5.46. The molecular weight excluding hydrogens is 276 g/mol. The molecule has 22 heavy (non-hydrogen) atoms. The van der Waals surface area contributed by atoms with Crippen LogP contribution < -0.4 is 10.1 Å². The molecule has 2 heterocycles. The van der Waals surface area contributed by atoms with Gasteiger partial charge < -0.3 is 14.8 Å². The number of hydrogen-bond acceptors (Lipinski definition) is 4. The molecule has 0 bridgehead atoms. The van der Waals surface area contributed by atoms with Gasteiger partial charge in [-0.25, -0.2) is 0 Å². The third-order valence-electron chi connectivity index (χ3n) is 4.11. The first-order chi connectivity index (χ1) is 10.9. The highest BCUT2D eigenvalue weighted by molar-refractivity contribution is 5.35. The lowest BCUT2D eigenvalue weighted by molar-refractivity contribution is 0.0760. The highest BCUT2D eigenvalue weighted by Crippen LogP contribution is 2.25. The van der Waals surface area contributed by atoms with E-state index in [0.717, 1.165) is 31.8 Å². The van der Waals surface area contributed by atoms with Crippen molar-refractivity contribution in [3.63, 3.8) is 0 Å². The number of hydrogen-bond donors (Lipinski definition) is 1. The van der Waals surface area contributed by atoms with Gasteiger partial charge in [0, 0.05) is 31.6 Å². The second-order valence-electron chi connectivity index (χ2n) is 5.54. The fourth-order valence-electron chi connectivity index (χ4n) is 2.84. The molecule has 3 rings (SSSR count). The zero-order chi connectivity index (χ0) is 15.2. The minimum atomic E-state index is 0.164. The molecular formula is C18H22N2O2. The van der Waals surface area contributed by atoms with Crippen LogP contribution in [0.1, 0.15) is 30.0 Å². The second kappa shape index (κ2) is 7.38. The number of pyridine rings is 1. The summed E-state index contributed by atoms with van der Waals surface area (Å²) in [5.74, 6) is 0.878. The fourth-order valence-corrected chi connectivity index (χ4v) is 2.84. The third-order valence-corrected chi connectivity index (χ3v) is 4.11. The SMILES string of the molecule is COc1ccc([C@H](NC2CCOCC2)c2ccncc2)cc1. The molecule has 0 saturated carbocycles. The van der Waals surface area contributed by atoms with Crippen LogP contribution in [0.3, 0.4) is 0 Å². The van der Waals surface area contributed by atoms with Crippen LogP contribution in [-0.2, 0) is 4.74 Å². The van der Waals surface area contributed by atoms with Crippen molar-refractivity contribution in [3.05, 3.63) is 59.9 Å². The Labute approximate surface area is 131 Å². The van der Waals surface area contributed by atoms with Gasteiger partial charge in [0.25, 0.3) is 0 Å². The lowest BCUT2D eigenvalue weighted by Gasteiger charge is -2.29. The maximum absolute atomic E-state index is 5.46. The van der Waals surface area contributed by atoms with E-state index in [1.165, 1.54) is 11.1 Å². The molecule has 1 atom stereocenters. The van der Waals surface area contributed by atoms with Gasteiger partial charge >= 0.3 is 0 Å². The van der Waals surface area contributed by atoms with Crippen molar-refractivity contribution in [2.45, 2.75) is 24.9 Å². The van der Waals surface area contributed by atoms with Gasteiger partial charge in [-0.1, -0.05) is 12.1 Å². The molecule has 0 amide bonds. The van der Waals surface area contributed by atoms with E-state index in [2.05, 4.69) is 34.6 Å². The second-order valence-corrected chi connectivity index (χ2v) is 5.54. The molecule has 1 aliphatic heterocycles. The number of ether oxygens (including phenoxy) is 2. The first-order valence-corrected chi connectivity index (χ1v) is 7.74.